The molecule has 0 fully saturated rings. The summed E-state index contributed by atoms with van der Waals surface area (Å²) < 4.78 is 3.21. The Kier molecular flexibility index (Phi) is 3.14. The number of carboxylic acid groups (broad SMARTS) is 1. The second kappa shape index (κ2) is 4.84. The van der Waals surface area contributed by atoms with Crippen molar-refractivity contribution in [3.05, 3.63) is 38.7 Å². The molecule has 0 radical (unpaired) electrons. The molecule has 20 heavy (non-hydrogen) atoms. The molecule has 0 saturated heterocycles. The van der Waals surface area contributed by atoms with Crippen molar-refractivity contribution in [2.75, 3.05) is 0 Å². The first-order chi connectivity index (χ1) is 9.54. The van der Waals surface area contributed by atoms with Gasteiger partial charge in [0.25, 0.3) is 5.56 Å². The van der Waals surface area contributed by atoms with E-state index in [2.05, 4.69) is 26.1 Å². The molecule has 0 spiro atoms. The summed E-state index contributed by atoms with van der Waals surface area (Å²) in [5, 5.41) is 16.8. The van der Waals surface area contributed by atoms with Crippen molar-refractivity contribution < 1.29 is 9.90 Å². The van der Waals surface area contributed by atoms with Crippen LogP contribution >= 0.6 is 27.3 Å². The number of hydrogen-bond donors (Lipinski definition) is 1. The Balaban J connectivity index is 2.14. The van der Waals surface area contributed by atoms with Crippen LogP contribution in [0.2, 0.25) is 0 Å². The third kappa shape index (κ3) is 2.25. The lowest BCUT2D eigenvalue weighted by Crippen LogP contribution is -2.27. The zero-order chi connectivity index (χ0) is 14.3. The first kappa shape index (κ1) is 13.0. The molecule has 0 saturated carbocycles. The Labute approximate surface area is 124 Å². The van der Waals surface area contributed by atoms with Gasteiger partial charge in [0, 0.05) is 0 Å². The molecule has 1 N–H and O–H groups in total. The fourth-order valence-electron chi connectivity index (χ4n) is 1.75. The average Bonchev–Trinajstić information content (AvgIpc) is 2.98. The van der Waals surface area contributed by atoms with E-state index in [1.54, 1.807) is 6.07 Å². The van der Waals surface area contributed by atoms with Crippen LogP contribution in [0.15, 0.2) is 33.1 Å². The third-order valence-electron chi connectivity index (χ3n) is 2.60. The molecule has 3 aromatic rings. The standard InChI is InChI=1S/C11H7BrN4O3S/c12-9-2-1-8(20-9)6-3-7-11(19)15(4-10(17)18)13-5-16(7)14-6/h1-3,5H,4H2,(H,17,18). The van der Waals surface area contributed by atoms with Crippen LogP contribution in [-0.4, -0.2) is 30.5 Å². The van der Waals surface area contributed by atoms with Gasteiger partial charge in [0.2, 0.25) is 0 Å². The third-order valence-corrected chi connectivity index (χ3v) is 4.25. The lowest BCUT2D eigenvalue weighted by atomic mass is 10.3. The minimum atomic E-state index is -1.12. The van der Waals surface area contributed by atoms with Crippen LogP contribution in [0.5, 0.6) is 0 Å². The summed E-state index contributed by atoms with van der Waals surface area (Å²) in [5.74, 6) is -1.12. The lowest BCUT2D eigenvalue weighted by molar-refractivity contribution is -0.138. The first-order valence-corrected chi connectivity index (χ1v) is 7.08. The van der Waals surface area contributed by atoms with E-state index in [1.807, 2.05) is 12.1 Å². The summed E-state index contributed by atoms with van der Waals surface area (Å²) in [5.41, 5.74) is 0.456. The Morgan fingerprint density at radius 3 is 2.90 bits per heavy atom. The number of fused-ring (bicyclic) bond motifs is 1. The van der Waals surface area contributed by atoms with Gasteiger partial charge in [0.05, 0.1) is 8.66 Å². The van der Waals surface area contributed by atoms with E-state index >= 15 is 0 Å². The van der Waals surface area contributed by atoms with Crippen molar-refractivity contribution >= 4 is 38.8 Å². The van der Waals surface area contributed by atoms with Gasteiger partial charge in [-0.05, 0) is 34.1 Å². The van der Waals surface area contributed by atoms with Crippen molar-refractivity contribution in [2.45, 2.75) is 6.54 Å². The summed E-state index contributed by atoms with van der Waals surface area (Å²) in [6, 6.07) is 5.41. The van der Waals surface area contributed by atoms with Crippen LogP contribution in [0.25, 0.3) is 16.1 Å². The van der Waals surface area contributed by atoms with E-state index in [-0.39, 0.29) is 0 Å². The quantitative estimate of drug-likeness (QED) is 0.769. The molecule has 102 valence electrons. The average molecular weight is 355 g/mol. The van der Waals surface area contributed by atoms with Crippen LogP contribution in [0.4, 0.5) is 0 Å². The van der Waals surface area contributed by atoms with E-state index in [1.165, 1.54) is 22.2 Å². The molecule has 0 aliphatic rings. The van der Waals surface area contributed by atoms with Gasteiger partial charge < -0.3 is 5.11 Å². The number of nitrogens with zero attached hydrogens (tertiary/aromatic N) is 4. The second-order valence-corrected chi connectivity index (χ2v) is 6.41. The largest absolute Gasteiger partial charge is 0.480 e. The molecular formula is C11H7BrN4O3S. The van der Waals surface area contributed by atoms with Gasteiger partial charge in [-0.25, -0.2) is 9.20 Å². The van der Waals surface area contributed by atoms with Crippen molar-refractivity contribution in [3.63, 3.8) is 0 Å². The number of rotatable bonds is 3. The highest BCUT2D eigenvalue weighted by Gasteiger charge is 2.12. The van der Waals surface area contributed by atoms with Gasteiger partial charge in [-0.2, -0.15) is 10.2 Å². The van der Waals surface area contributed by atoms with Crippen LogP contribution in [0, 0.1) is 0 Å². The molecule has 0 bridgehead atoms. The van der Waals surface area contributed by atoms with E-state index in [0.29, 0.717) is 11.2 Å². The van der Waals surface area contributed by atoms with Crippen LogP contribution in [0.1, 0.15) is 0 Å². The van der Waals surface area contributed by atoms with Gasteiger partial charge in [0.1, 0.15) is 24.1 Å². The number of halogens is 1. The first-order valence-electron chi connectivity index (χ1n) is 5.47. The van der Waals surface area contributed by atoms with Crippen LogP contribution in [-0.2, 0) is 11.3 Å². The van der Waals surface area contributed by atoms with Crippen molar-refractivity contribution in [2.24, 2.45) is 0 Å². The van der Waals surface area contributed by atoms with E-state index < -0.39 is 18.1 Å². The highest BCUT2D eigenvalue weighted by atomic mass is 79.9. The van der Waals surface area contributed by atoms with Crippen molar-refractivity contribution in [1.29, 1.82) is 0 Å². The summed E-state index contributed by atoms with van der Waals surface area (Å²) in [6.07, 6.45) is 1.33. The zero-order valence-electron chi connectivity index (χ0n) is 9.86. The molecular weight excluding hydrogens is 348 g/mol. The van der Waals surface area contributed by atoms with Gasteiger partial charge in [-0.15, -0.1) is 11.3 Å². The molecule has 7 nitrogen and oxygen atoms in total. The molecule has 0 amide bonds. The minimum Gasteiger partial charge on any atom is -0.480 e. The molecule has 3 aromatic heterocycles. The Bertz CT molecular complexity index is 866. The topological polar surface area (TPSA) is 89.5 Å². The number of aromatic nitrogens is 4. The molecule has 0 unspecified atom stereocenters. The van der Waals surface area contributed by atoms with Gasteiger partial charge in [-0.1, -0.05) is 0 Å². The molecule has 0 atom stereocenters. The smallest absolute Gasteiger partial charge is 0.325 e. The van der Waals surface area contributed by atoms with E-state index in [4.69, 9.17) is 5.11 Å². The number of thiophene rings is 1. The SMILES string of the molecule is O=C(O)Cn1ncn2nc(-c3ccc(Br)s3)cc2c1=O. The highest BCUT2D eigenvalue weighted by Crippen LogP contribution is 2.30. The van der Waals surface area contributed by atoms with Crippen molar-refractivity contribution in [1.82, 2.24) is 19.4 Å². The van der Waals surface area contributed by atoms with Gasteiger partial charge in [0.15, 0.2) is 0 Å². The monoisotopic (exact) mass is 354 g/mol. The normalized spacial score (nSPS) is 11.1. The molecule has 0 aromatic carbocycles. The second-order valence-electron chi connectivity index (χ2n) is 3.95. The van der Waals surface area contributed by atoms with Crippen LogP contribution in [0.3, 0.4) is 0 Å². The molecule has 9 heteroatoms. The van der Waals surface area contributed by atoms with Gasteiger partial charge in [-0.3, -0.25) is 9.59 Å². The fourth-order valence-corrected chi connectivity index (χ4v) is 3.09. The summed E-state index contributed by atoms with van der Waals surface area (Å²) in [4.78, 5) is 23.7. The summed E-state index contributed by atoms with van der Waals surface area (Å²) >= 11 is 4.86. The highest BCUT2D eigenvalue weighted by molar-refractivity contribution is 9.11. The Morgan fingerprint density at radius 2 is 2.25 bits per heavy atom. The number of aliphatic carboxylic acids is 1. The summed E-state index contributed by atoms with van der Waals surface area (Å²) in [7, 11) is 0. The lowest BCUT2D eigenvalue weighted by Gasteiger charge is -1.99. The maximum Gasteiger partial charge on any atom is 0.325 e. The number of carbonyl (C=O) groups is 1. The molecule has 3 heterocycles. The van der Waals surface area contributed by atoms with Crippen molar-refractivity contribution in [3.8, 4) is 10.6 Å². The van der Waals surface area contributed by atoms with E-state index in [0.717, 1.165) is 13.3 Å². The Hall–Kier alpha value is -2.00. The van der Waals surface area contributed by atoms with Gasteiger partial charge >= 0.3 is 5.97 Å². The number of carboxylic acids is 1. The summed E-state index contributed by atoms with van der Waals surface area (Å²) in [6.45, 7) is -0.472. The predicted molar refractivity (Wildman–Crippen MR) is 75.9 cm³/mol. The molecule has 3 rings (SSSR count). The maximum atomic E-state index is 12.1. The Morgan fingerprint density at radius 1 is 1.45 bits per heavy atom. The fraction of sp³-hybridized carbons (Fsp3) is 0.0909. The zero-order valence-corrected chi connectivity index (χ0v) is 12.3. The maximum absolute atomic E-state index is 12.1. The number of hydrogen-bond acceptors (Lipinski definition) is 5. The van der Waals surface area contributed by atoms with Crippen LogP contribution < -0.4 is 5.56 Å². The minimum absolute atomic E-state index is 0.292. The predicted octanol–water partition coefficient (Wildman–Crippen LogP) is 1.47. The molecule has 0 aliphatic carbocycles. The van der Waals surface area contributed by atoms with E-state index in [9.17, 15) is 9.59 Å². The molecule has 0 aliphatic heterocycles.